The Labute approximate surface area is 95.6 Å². The highest BCUT2D eigenvalue weighted by atomic mass is 16.4. The van der Waals surface area contributed by atoms with Crippen LogP contribution < -0.4 is 5.73 Å². The zero-order valence-electron chi connectivity index (χ0n) is 9.52. The molecule has 0 radical (unpaired) electrons. The molecule has 16 heavy (non-hydrogen) atoms. The molecule has 1 aliphatic rings. The molecular formula is C11H20N2O3. The van der Waals surface area contributed by atoms with E-state index < -0.39 is 5.97 Å². The third kappa shape index (κ3) is 3.81. The Balaban J connectivity index is 2.46. The topological polar surface area (TPSA) is 83.6 Å². The van der Waals surface area contributed by atoms with Crippen LogP contribution in [0.15, 0.2) is 0 Å². The van der Waals surface area contributed by atoms with E-state index in [2.05, 4.69) is 0 Å². The molecule has 1 aliphatic heterocycles. The summed E-state index contributed by atoms with van der Waals surface area (Å²) in [6.07, 6.45) is 3.99. The van der Waals surface area contributed by atoms with Crippen molar-refractivity contribution < 1.29 is 14.7 Å². The third-order valence-electron chi connectivity index (χ3n) is 3.00. The van der Waals surface area contributed by atoms with E-state index in [1.54, 1.807) is 0 Å². The first-order valence-electron chi connectivity index (χ1n) is 5.86. The smallest absolute Gasteiger partial charge is 0.303 e. The van der Waals surface area contributed by atoms with Crippen molar-refractivity contribution in [3.05, 3.63) is 0 Å². The van der Waals surface area contributed by atoms with Gasteiger partial charge in [-0.2, -0.15) is 0 Å². The first kappa shape index (κ1) is 13.0. The Bertz CT molecular complexity index is 254. The number of nitrogens with two attached hydrogens (primary N) is 1. The lowest BCUT2D eigenvalue weighted by atomic mass is 9.99. The number of carboxylic acid groups (broad SMARTS) is 1. The second kappa shape index (κ2) is 6.48. The van der Waals surface area contributed by atoms with Gasteiger partial charge in [0, 0.05) is 19.0 Å². The van der Waals surface area contributed by atoms with Crippen LogP contribution in [0.2, 0.25) is 0 Å². The van der Waals surface area contributed by atoms with Gasteiger partial charge >= 0.3 is 5.97 Å². The Kier molecular flexibility index (Phi) is 5.25. The molecule has 5 nitrogen and oxygen atoms in total. The van der Waals surface area contributed by atoms with Gasteiger partial charge in [-0.25, -0.2) is 0 Å². The van der Waals surface area contributed by atoms with Crippen LogP contribution in [-0.2, 0) is 9.59 Å². The standard InChI is InChI=1S/C11H20N2O3/c12-7-6-9-3-1-2-8-13(9)10(14)4-5-11(15)16/h9H,1-8,12H2,(H,15,16). The van der Waals surface area contributed by atoms with Crippen molar-refractivity contribution in [2.24, 2.45) is 5.73 Å². The minimum absolute atomic E-state index is 0.0412. The molecule has 5 heteroatoms. The third-order valence-corrected chi connectivity index (χ3v) is 3.00. The summed E-state index contributed by atoms with van der Waals surface area (Å²) < 4.78 is 0. The van der Waals surface area contributed by atoms with Gasteiger partial charge in [0.15, 0.2) is 0 Å². The maximum atomic E-state index is 11.8. The van der Waals surface area contributed by atoms with Crippen molar-refractivity contribution in [3.63, 3.8) is 0 Å². The van der Waals surface area contributed by atoms with Crippen LogP contribution in [0.4, 0.5) is 0 Å². The van der Waals surface area contributed by atoms with E-state index >= 15 is 0 Å². The SMILES string of the molecule is NCCC1CCCCN1C(=O)CCC(=O)O. The predicted octanol–water partition coefficient (Wildman–Crippen LogP) is 0.581. The fourth-order valence-corrected chi connectivity index (χ4v) is 2.18. The number of nitrogens with zero attached hydrogens (tertiary/aromatic N) is 1. The van der Waals surface area contributed by atoms with Crippen LogP contribution in [0.1, 0.15) is 38.5 Å². The fourth-order valence-electron chi connectivity index (χ4n) is 2.18. The zero-order chi connectivity index (χ0) is 12.0. The Morgan fingerprint density at radius 1 is 1.31 bits per heavy atom. The largest absolute Gasteiger partial charge is 0.481 e. The number of amides is 1. The van der Waals surface area contributed by atoms with Gasteiger partial charge in [0.25, 0.3) is 0 Å². The average Bonchev–Trinajstić information content (AvgIpc) is 2.27. The molecule has 0 bridgehead atoms. The van der Waals surface area contributed by atoms with Crippen molar-refractivity contribution in [1.82, 2.24) is 4.90 Å². The molecule has 92 valence electrons. The van der Waals surface area contributed by atoms with Crippen molar-refractivity contribution in [3.8, 4) is 0 Å². The quantitative estimate of drug-likeness (QED) is 0.721. The van der Waals surface area contributed by atoms with Crippen LogP contribution in [0.5, 0.6) is 0 Å². The highest BCUT2D eigenvalue weighted by molar-refractivity contribution is 5.81. The van der Waals surface area contributed by atoms with Gasteiger partial charge in [0.2, 0.25) is 5.91 Å². The lowest BCUT2D eigenvalue weighted by Crippen LogP contribution is -2.44. The van der Waals surface area contributed by atoms with E-state index in [0.717, 1.165) is 32.2 Å². The number of carboxylic acids is 1. The number of likely N-dealkylation sites (tertiary alicyclic amines) is 1. The minimum atomic E-state index is -0.916. The molecule has 0 aromatic heterocycles. The molecule has 1 fully saturated rings. The van der Waals surface area contributed by atoms with Crippen molar-refractivity contribution in [1.29, 1.82) is 0 Å². The number of piperidine rings is 1. The molecule has 0 aromatic rings. The number of hydrogen-bond donors (Lipinski definition) is 2. The van der Waals surface area contributed by atoms with E-state index in [9.17, 15) is 9.59 Å². The fraction of sp³-hybridized carbons (Fsp3) is 0.818. The molecule has 0 spiro atoms. The molecule has 1 unspecified atom stereocenters. The summed E-state index contributed by atoms with van der Waals surface area (Å²) in [5, 5.41) is 8.54. The van der Waals surface area contributed by atoms with Gasteiger partial charge in [-0.05, 0) is 32.2 Å². The van der Waals surface area contributed by atoms with E-state index in [1.165, 1.54) is 0 Å². The maximum Gasteiger partial charge on any atom is 0.303 e. The summed E-state index contributed by atoms with van der Waals surface area (Å²) in [6.45, 7) is 1.33. The number of hydrogen-bond acceptors (Lipinski definition) is 3. The monoisotopic (exact) mass is 228 g/mol. The molecule has 1 heterocycles. The highest BCUT2D eigenvalue weighted by Gasteiger charge is 2.25. The first-order chi connectivity index (χ1) is 7.65. The average molecular weight is 228 g/mol. The van der Waals surface area contributed by atoms with Crippen LogP contribution in [0.25, 0.3) is 0 Å². The Morgan fingerprint density at radius 2 is 2.06 bits per heavy atom. The molecule has 1 amide bonds. The van der Waals surface area contributed by atoms with Gasteiger partial charge < -0.3 is 15.7 Å². The predicted molar refractivity (Wildman–Crippen MR) is 59.9 cm³/mol. The molecule has 3 N–H and O–H groups in total. The molecule has 1 rings (SSSR count). The van der Waals surface area contributed by atoms with Crippen molar-refractivity contribution in [2.75, 3.05) is 13.1 Å². The van der Waals surface area contributed by atoms with E-state index in [1.807, 2.05) is 4.90 Å². The summed E-state index contributed by atoms with van der Waals surface area (Å²) in [6, 6.07) is 0.222. The highest BCUT2D eigenvalue weighted by Crippen LogP contribution is 2.20. The van der Waals surface area contributed by atoms with Gasteiger partial charge in [0.05, 0.1) is 6.42 Å². The van der Waals surface area contributed by atoms with Crippen LogP contribution in [0.3, 0.4) is 0 Å². The van der Waals surface area contributed by atoms with Crippen molar-refractivity contribution >= 4 is 11.9 Å². The summed E-state index contributed by atoms with van der Waals surface area (Å²) in [5.74, 6) is -0.957. The van der Waals surface area contributed by atoms with Crippen LogP contribution >= 0.6 is 0 Å². The molecule has 0 aromatic carbocycles. The van der Waals surface area contributed by atoms with Crippen LogP contribution in [-0.4, -0.2) is 41.0 Å². The molecular weight excluding hydrogens is 208 g/mol. The molecule has 0 saturated carbocycles. The van der Waals surface area contributed by atoms with Gasteiger partial charge in [-0.15, -0.1) is 0 Å². The summed E-state index contributed by atoms with van der Waals surface area (Å²) >= 11 is 0. The summed E-state index contributed by atoms with van der Waals surface area (Å²) in [5.41, 5.74) is 5.51. The first-order valence-corrected chi connectivity index (χ1v) is 5.86. The second-order valence-electron chi connectivity index (χ2n) is 4.21. The van der Waals surface area contributed by atoms with E-state index in [-0.39, 0.29) is 24.8 Å². The van der Waals surface area contributed by atoms with Crippen LogP contribution in [0, 0.1) is 0 Å². The van der Waals surface area contributed by atoms with E-state index in [4.69, 9.17) is 10.8 Å². The second-order valence-corrected chi connectivity index (χ2v) is 4.21. The minimum Gasteiger partial charge on any atom is -0.481 e. The van der Waals surface area contributed by atoms with E-state index in [0.29, 0.717) is 6.54 Å². The zero-order valence-corrected chi connectivity index (χ0v) is 9.52. The lowest BCUT2D eigenvalue weighted by molar-refractivity contribution is -0.142. The van der Waals surface area contributed by atoms with Gasteiger partial charge in [0.1, 0.15) is 0 Å². The Hall–Kier alpha value is -1.10. The van der Waals surface area contributed by atoms with Gasteiger partial charge in [-0.3, -0.25) is 9.59 Å². The normalized spacial score (nSPS) is 20.8. The molecule has 1 saturated heterocycles. The number of aliphatic carboxylic acids is 1. The van der Waals surface area contributed by atoms with Gasteiger partial charge in [-0.1, -0.05) is 0 Å². The lowest BCUT2D eigenvalue weighted by Gasteiger charge is -2.35. The molecule has 1 atom stereocenters. The number of rotatable bonds is 5. The Morgan fingerprint density at radius 3 is 2.69 bits per heavy atom. The summed E-state index contributed by atoms with van der Waals surface area (Å²) in [4.78, 5) is 24.0. The van der Waals surface area contributed by atoms with Crippen molar-refractivity contribution in [2.45, 2.75) is 44.6 Å². The molecule has 0 aliphatic carbocycles. The maximum absolute atomic E-state index is 11.8. The number of carbonyl (C=O) groups is 2. The summed E-state index contributed by atoms with van der Waals surface area (Å²) in [7, 11) is 0. The number of carbonyl (C=O) groups excluding carboxylic acids is 1.